The predicted molar refractivity (Wildman–Crippen MR) is 90.0 cm³/mol. The predicted octanol–water partition coefficient (Wildman–Crippen LogP) is 5.21. The van der Waals surface area contributed by atoms with Crippen LogP contribution >= 0.6 is 31.9 Å². The van der Waals surface area contributed by atoms with E-state index in [0.717, 1.165) is 20.3 Å². The topological polar surface area (TPSA) is 21.3 Å². The van der Waals surface area contributed by atoms with Crippen molar-refractivity contribution >= 4 is 31.9 Å². The van der Waals surface area contributed by atoms with E-state index in [-0.39, 0.29) is 11.9 Å². The third-order valence-electron chi connectivity index (χ3n) is 3.26. The highest BCUT2D eigenvalue weighted by atomic mass is 79.9. The first-order chi connectivity index (χ1) is 10.0. The van der Waals surface area contributed by atoms with Gasteiger partial charge in [-0.15, -0.1) is 0 Å². The number of rotatable bonds is 5. The molecule has 21 heavy (non-hydrogen) atoms. The first-order valence-corrected chi connectivity index (χ1v) is 8.11. The number of hydrogen-bond donors (Lipinski definition) is 1. The molecule has 0 aromatic heterocycles. The quantitative estimate of drug-likeness (QED) is 0.722. The normalized spacial score (nSPS) is 12.2. The van der Waals surface area contributed by atoms with Crippen LogP contribution in [0.15, 0.2) is 45.3 Å². The second kappa shape index (κ2) is 7.38. The van der Waals surface area contributed by atoms with Crippen LogP contribution in [0.3, 0.4) is 0 Å². The zero-order valence-corrected chi connectivity index (χ0v) is 15.0. The second-order valence-corrected chi connectivity index (χ2v) is 6.47. The molecule has 112 valence electrons. The molecule has 2 rings (SSSR count). The highest BCUT2D eigenvalue weighted by Gasteiger charge is 2.13. The number of benzene rings is 2. The molecule has 0 aliphatic carbocycles. The molecule has 5 heteroatoms. The van der Waals surface area contributed by atoms with Gasteiger partial charge in [0.15, 0.2) is 0 Å². The van der Waals surface area contributed by atoms with Crippen LogP contribution in [0.5, 0.6) is 5.75 Å². The van der Waals surface area contributed by atoms with Gasteiger partial charge in [0.25, 0.3) is 0 Å². The maximum atomic E-state index is 13.8. The molecule has 0 saturated carbocycles. The lowest BCUT2D eigenvalue weighted by Crippen LogP contribution is -2.19. The summed E-state index contributed by atoms with van der Waals surface area (Å²) in [5.41, 5.74) is 1.66. The molecule has 0 amide bonds. The molecule has 0 fully saturated rings. The Morgan fingerprint density at radius 2 is 1.95 bits per heavy atom. The van der Waals surface area contributed by atoms with E-state index in [2.05, 4.69) is 37.2 Å². The van der Waals surface area contributed by atoms with E-state index >= 15 is 0 Å². The summed E-state index contributed by atoms with van der Waals surface area (Å²) in [6.07, 6.45) is 0. The van der Waals surface area contributed by atoms with Crippen molar-refractivity contribution in [3.63, 3.8) is 0 Å². The zero-order chi connectivity index (χ0) is 15.4. The van der Waals surface area contributed by atoms with Crippen LogP contribution in [0.4, 0.5) is 4.39 Å². The molecule has 0 radical (unpaired) electrons. The van der Waals surface area contributed by atoms with Crippen molar-refractivity contribution in [1.82, 2.24) is 5.32 Å². The standard InChI is InChI=1S/C16H16Br2FNO/c1-10(13-5-3-4-6-15(13)19)20-9-11-7-12(17)8-14(18)16(11)21-2/h3-8,10,20H,9H2,1-2H3/t10-/m1/s1. The highest BCUT2D eigenvalue weighted by molar-refractivity contribution is 9.11. The number of ether oxygens (including phenoxy) is 1. The second-order valence-electron chi connectivity index (χ2n) is 4.70. The van der Waals surface area contributed by atoms with Crippen LogP contribution in [0.2, 0.25) is 0 Å². The largest absolute Gasteiger partial charge is 0.495 e. The summed E-state index contributed by atoms with van der Waals surface area (Å²) in [5.74, 6) is 0.589. The molecule has 0 aliphatic rings. The van der Waals surface area contributed by atoms with E-state index in [1.807, 2.05) is 25.1 Å². The number of halogens is 3. The van der Waals surface area contributed by atoms with Crippen molar-refractivity contribution in [1.29, 1.82) is 0 Å². The molecule has 0 saturated heterocycles. The fourth-order valence-electron chi connectivity index (χ4n) is 2.17. The van der Waals surface area contributed by atoms with Gasteiger partial charge in [0, 0.05) is 28.2 Å². The molecule has 0 spiro atoms. The van der Waals surface area contributed by atoms with Gasteiger partial charge in [-0.3, -0.25) is 0 Å². The first-order valence-electron chi connectivity index (χ1n) is 6.52. The molecule has 0 bridgehead atoms. The molecule has 2 aromatic rings. The molecule has 2 aromatic carbocycles. The van der Waals surface area contributed by atoms with Crippen LogP contribution in [-0.2, 0) is 6.54 Å². The summed E-state index contributed by atoms with van der Waals surface area (Å²) in [6, 6.07) is 10.6. The van der Waals surface area contributed by atoms with Crippen LogP contribution in [0.1, 0.15) is 24.1 Å². The Bertz CT molecular complexity index is 634. The monoisotopic (exact) mass is 415 g/mol. The number of methoxy groups -OCH3 is 1. The molecule has 1 N–H and O–H groups in total. The summed E-state index contributed by atoms with van der Waals surface area (Å²) in [5, 5.41) is 3.32. The van der Waals surface area contributed by atoms with Crippen LogP contribution < -0.4 is 10.1 Å². The average Bonchev–Trinajstić information content (AvgIpc) is 2.44. The van der Waals surface area contributed by atoms with Gasteiger partial charge < -0.3 is 10.1 Å². The maximum absolute atomic E-state index is 13.8. The van der Waals surface area contributed by atoms with Crippen molar-refractivity contribution in [2.24, 2.45) is 0 Å². The lowest BCUT2D eigenvalue weighted by molar-refractivity contribution is 0.403. The third kappa shape index (κ3) is 4.05. The van der Waals surface area contributed by atoms with Gasteiger partial charge in [-0.2, -0.15) is 0 Å². The SMILES string of the molecule is COc1c(Br)cc(Br)cc1CN[C@H](C)c1ccccc1F. The Morgan fingerprint density at radius 1 is 1.24 bits per heavy atom. The molecule has 2 nitrogen and oxygen atoms in total. The third-order valence-corrected chi connectivity index (χ3v) is 4.31. The molecule has 0 aliphatic heterocycles. The first kappa shape index (κ1) is 16.5. The van der Waals surface area contributed by atoms with E-state index < -0.39 is 0 Å². The summed E-state index contributed by atoms with van der Waals surface area (Å²) in [6.45, 7) is 2.52. The average molecular weight is 417 g/mol. The Kier molecular flexibility index (Phi) is 5.79. The summed E-state index contributed by atoms with van der Waals surface area (Å²) in [4.78, 5) is 0. The van der Waals surface area contributed by atoms with E-state index in [1.165, 1.54) is 6.07 Å². The lowest BCUT2D eigenvalue weighted by atomic mass is 10.1. The Labute approximate surface area is 141 Å². The van der Waals surface area contributed by atoms with Gasteiger partial charge in [-0.1, -0.05) is 34.1 Å². The summed E-state index contributed by atoms with van der Waals surface area (Å²) < 4.78 is 21.0. The summed E-state index contributed by atoms with van der Waals surface area (Å²) >= 11 is 6.95. The van der Waals surface area contributed by atoms with Gasteiger partial charge >= 0.3 is 0 Å². The van der Waals surface area contributed by atoms with Gasteiger partial charge in [-0.25, -0.2) is 4.39 Å². The minimum atomic E-state index is -0.195. The van der Waals surface area contributed by atoms with Crippen molar-refractivity contribution in [3.05, 3.63) is 62.3 Å². The van der Waals surface area contributed by atoms with E-state index in [9.17, 15) is 4.39 Å². The summed E-state index contributed by atoms with van der Waals surface area (Å²) in [7, 11) is 1.64. The highest BCUT2D eigenvalue weighted by Crippen LogP contribution is 2.33. The fraction of sp³-hybridized carbons (Fsp3) is 0.250. The number of hydrogen-bond acceptors (Lipinski definition) is 2. The Balaban J connectivity index is 2.15. The van der Waals surface area contributed by atoms with Crippen molar-refractivity contribution in [3.8, 4) is 5.75 Å². The number of nitrogens with one attached hydrogen (secondary N) is 1. The maximum Gasteiger partial charge on any atom is 0.137 e. The molecular weight excluding hydrogens is 401 g/mol. The zero-order valence-electron chi connectivity index (χ0n) is 11.8. The smallest absolute Gasteiger partial charge is 0.137 e. The van der Waals surface area contributed by atoms with E-state index in [4.69, 9.17) is 4.74 Å². The van der Waals surface area contributed by atoms with Gasteiger partial charge in [-0.05, 0) is 41.1 Å². The van der Waals surface area contributed by atoms with E-state index in [0.29, 0.717) is 12.1 Å². The Hall–Kier alpha value is -0.910. The molecule has 0 heterocycles. The molecular formula is C16H16Br2FNO. The van der Waals surface area contributed by atoms with Gasteiger partial charge in [0.2, 0.25) is 0 Å². The van der Waals surface area contributed by atoms with Crippen LogP contribution in [-0.4, -0.2) is 7.11 Å². The van der Waals surface area contributed by atoms with Crippen molar-refractivity contribution < 1.29 is 9.13 Å². The molecule has 1 atom stereocenters. The molecule has 0 unspecified atom stereocenters. The Morgan fingerprint density at radius 3 is 2.62 bits per heavy atom. The lowest BCUT2D eigenvalue weighted by Gasteiger charge is -2.17. The van der Waals surface area contributed by atoms with Crippen molar-refractivity contribution in [2.75, 3.05) is 7.11 Å². The van der Waals surface area contributed by atoms with E-state index in [1.54, 1.807) is 19.2 Å². The van der Waals surface area contributed by atoms with Gasteiger partial charge in [0.1, 0.15) is 11.6 Å². The van der Waals surface area contributed by atoms with Crippen molar-refractivity contribution in [2.45, 2.75) is 19.5 Å². The minimum absolute atomic E-state index is 0.0892. The van der Waals surface area contributed by atoms with Gasteiger partial charge in [0.05, 0.1) is 11.6 Å². The van der Waals surface area contributed by atoms with Crippen LogP contribution in [0.25, 0.3) is 0 Å². The minimum Gasteiger partial charge on any atom is -0.495 e. The fourth-order valence-corrected chi connectivity index (χ4v) is 3.65. The van der Waals surface area contributed by atoms with Crippen LogP contribution in [0, 0.1) is 5.82 Å².